The number of rotatable bonds is 13. The van der Waals surface area contributed by atoms with Gasteiger partial charge in [-0.15, -0.1) is 0 Å². The Morgan fingerprint density at radius 1 is 1.11 bits per heavy atom. The Morgan fingerprint density at radius 3 is 2.58 bits per heavy atom. The number of hydrazone groups is 1. The number of allylic oxidation sites excluding steroid dienone is 1. The highest BCUT2D eigenvalue weighted by atomic mass is 127. The van der Waals surface area contributed by atoms with Crippen molar-refractivity contribution < 1.29 is 38.0 Å². The Bertz CT molecular complexity index is 1600. The largest absolute Gasteiger partial charge is 0.490 e. The van der Waals surface area contributed by atoms with Crippen LogP contribution >= 0.6 is 45.2 Å². The van der Waals surface area contributed by atoms with E-state index in [9.17, 15) is 19.1 Å². The van der Waals surface area contributed by atoms with Crippen LogP contribution < -0.4 is 30.3 Å². The highest BCUT2D eigenvalue weighted by Gasteiger charge is 2.32. The zero-order chi connectivity index (χ0) is 32.5. The van der Waals surface area contributed by atoms with Crippen molar-refractivity contribution in [3.05, 3.63) is 95.5 Å². The molecule has 2 amide bonds. The molecule has 4 rings (SSSR count). The van der Waals surface area contributed by atoms with Crippen molar-refractivity contribution in [2.24, 2.45) is 5.10 Å². The number of hydrogen-bond acceptors (Lipinski definition) is 9. The molecular weight excluding hydrogens is 813 g/mol. The standard InChI is InChI=1S/C31H31FI2N4O7/c1-4-43-25-12-19(28-27(30(40)42-3)17(2)36-31(41)37-28)7-10-24(25)44-16-26(39)38-35-14-20-11-22(33)13-23(34)29(20)45-15-18-5-8-21(32)9-6-18/h5-14,26,28,38-39H,4,15-16H2,1-3H3,(H2,36,37,41)/b35-14+/t26-,28+/m0/s1. The van der Waals surface area contributed by atoms with Crippen molar-refractivity contribution in [1.82, 2.24) is 16.1 Å². The number of aliphatic hydroxyl groups is 1. The van der Waals surface area contributed by atoms with Gasteiger partial charge in [-0.25, -0.2) is 14.0 Å². The molecule has 0 aromatic heterocycles. The molecule has 14 heteroatoms. The minimum atomic E-state index is -1.18. The van der Waals surface area contributed by atoms with E-state index < -0.39 is 24.3 Å². The minimum Gasteiger partial charge on any atom is -0.490 e. The van der Waals surface area contributed by atoms with E-state index in [1.165, 1.54) is 25.5 Å². The summed E-state index contributed by atoms with van der Waals surface area (Å²) < 4.78 is 37.6. The van der Waals surface area contributed by atoms with Gasteiger partial charge in [0.2, 0.25) is 0 Å². The predicted octanol–water partition coefficient (Wildman–Crippen LogP) is 5.13. The smallest absolute Gasteiger partial charge is 0.337 e. The highest BCUT2D eigenvalue weighted by molar-refractivity contribution is 14.1. The van der Waals surface area contributed by atoms with Gasteiger partial charge < -0.3 is 34.7 Å². The van der Waals surface area contributed by atoms with Gasteiger partial charge in [0.25, 0.3) is 0 Å². The Hall–Kier alpha value is -3.64. The second-order valence-corrected chi connectivity index (χ2v) is 12.0. The maximum absolute atomic E-state index is 13.3. The van der Waals surface area contributed by atoms with Gasteiger partial charge in [0, 0.05) is 14.8 Å². The van der Waals surface area contributed by atoms with Crippen LogP contribution in [-0.2, 0) is 16.1 Å². The predicted molar refractivity (Wildman–Crippen MR) is 182 cm³/mol. The summed E-state index contributed by atoms with van der Waals surface area (Å²) in [5, 5.41) is 20.0. The van der Waals surface area contributed by atoms with Crippen molar-refractivity contribution >= 4 is 63.4 Å². The van der Waals surface area contributed by atoms with E-state index in [1.807, 2.05) is 12.1 Å². The summed E-state index contributed by atoms with van der Waals surface area (Å²) in [7, 11) is 1.27. The van der Waals surface area contributed by atoms with E-state index in [1.54, 1.807) is 44.2 Å². The molecule has 0 fully saturated rings. The van der Waals surface area contributed by atoms with Gasteiger partial charge in [0.1, 0.15) is 24.8 Å². The lowest BCUT2D eigenvalue weighted by atomic mass is 9.95. The molecule has 0 saturated heterocycles. The topological polar surface area (TPSA) is 140 Å². The molecule has 3 aromatic carbocycles. The summed E-state index contributed by atoms with van der Waals surface area (Å²) >= 11 is 4.37. The first kappa shape index (κ1) is 34.2. The molecule has 0 spiro atoms. The van der Waals surface area contributed by atoms with Gasteiger partial charge in [-0.1, -0.05) is 18.2 Å². The maximum Gasteiger partial charge on any atom is 0.337 e. The average molecular weight is 844 g/mol. The van der Waals surface area contributed by atoms with Crippen LogP contribution in [0.15, 0.2) is 71.0 Å². The molecule has 0 bridgehead atoms. The molecule has 1 heterocycles. The van der Waals surface area contributed by atoms with Gasteiger partial charge in [-0.3, -0.25) is 5.43 Å². The van der Waals surface area contributed by atoms with E-state index in [-0.39, 0.29) is 24.6 Å². The van der Waals surface area contributed by atoms with Crippen molar-refractivity contribution in [3.8, 4) is 17.2 Å². The first-order valence-electron chi connectivity index (χ1n) is 13.7. The number of hydrogen-bond donors (Lipinski definition) is 4. The van der Waals surface area contributed by atoms with Crippen molar-refractivity contribution in [1.29, 1.82) is 0 Å². The molecule has 45 heavy (non-hydrogen) atoms. The summed E-state index contributed by atoms with van der Waals surface area (Å²) in [5.41, 5.74) is 5.36. The lowest BCUT2D eigenvalue weighted by Crippen LogP contribution is -2.45. The zero-order valence-electron chi connectivity index (χ0n) is 24.5. The maximum atomic E-state index is 13.3. The number of halogens is 3. The van der Waals surface area contributed by atoms with E-state index in [0.29, 0.717) is 40.7 Å². The SMILES string of the molecule is CCOc1cc([C@H]2NC(=O)NC(C)=C2C(=O)OC)ccc1OC[C@H](O)N/N=C/c1cc(I)cc(I)c1OCc1ccc(F)cc1. The average Bonchev–Trinajstić information content (AvgIpc) is 3.00. The Labute approximate surface area is 286 Å². The normalized spacial score (nSPS) is 15.3. The molecule has 1 aliphatic rings. The van der Waals surface area contributed by atoms with Crippen LogP contribution in [0.3, 0.4) is 0 Å². The third-order valence-corrected chi connectivity index (χ3v) is 7.86. The third-order valence-electron chi connectivity index (χ3n) is 6.43. The summed E-state index contributed by atoms with van der Waals surface area (Å²) in [6.07, 6.45) is 0.358. The molecule has 11 nitrogen and oxygen atoms in total. The fraction of sp³-hybridized carbons (Fsp3) is 0.258. The van der Waals surface area contributed by atoms with Crippen LogP contribution in [0.1, 0.15) is 36.6 Å². The number of esters is 1. The third kappa shape index (κ3) is 9.20. The van der Waals surface area contributed by atoms with Gasteiger partial charge in [-0.2, -0.15) is 5.10 Å². The summed E-state index contributed by atoms with van der Waals surface area (Å²) in [6.45, 7) is 3.82. The molecule has 0 unspecified atom stereocenters. The molecule has 0 saturated carbocycles. The highest BCUT2D eigenvalue weighted by Crippen LogP contribution is 2.35. The second kappa shape index (κ2) is 16.1. The molecule has 4 N–H and O–H groups in total. The van der Waals surface area contributed by atoms with Crippen molar-refractivity contribution in [3.63, 3.8) is 0 Å². The Kier molecular flexibility index (Phi) is 12.2. The first-order valence-corrected chi connectivity index (χ1v) is 15.8. The number of methoxy groups -OCH3 is 1. The van der Waals surface area contributed by atoms with Gasteiger partial charge in [0.15, 0.2) is 17.7 Å². The number of carbonyl (C=O) groups excluding carboxylic acids is 2. The first-order chi connectivity index (χ1) is 21.6. The number of nitrogens with one attached hydrogen (secondary N) is 3. The fourth-order valence-electron chi connectivity index (χ4n) is 4.38. The molecular formula is C31H31FI2N4O7. The quantitative estimate of drug-likeness (QED) is 0.0611. The molecule has 0 aliphatic carbocycles. The second-order valence-electron chi connectivity index (χ2n) is 9.64. The van der Waals surface area contributed by atoms with Crippen molar-refractivity contribution in [2.45, 2.75) is 32.7 Å². The Balaban J connectivity index is 1.42. The number of ether oxygens (including phenoxy) is 4. The van der Waals surface area contributed by atoms with Crippen LogP contribution in [0.5, 0.6) is 17.2 Å². The molecule has 238 valence electrons. The lowest BCUT2D eigenvalue weighted by molar-refractivity contribution is -0.136. The van der Waals surface area contributed by atoms with Gasteiger partial charge in [0.05, 0.1) is 35.1 Å². The van der Waals surface area contributed by atoms with Gasteiger partial charge in [-0.05, 0) is 107 Å². The van der Waals surface area contributed by atoms with Crippen LogP contribution in [0, 0.1) is 13.0 Å². The van der Waals surface area contributed by atoms with Crippen LogP contribution in [0.25, 0.3) is 0 Å². The summed E-state index contributed by atoms with van der Waals surface area (Å²) in [6, 6.07) is 13.7. The van der Waals surface area contributed by atoms with Crippen LogP contribution in [0.2, 0.25) is 0 Å². The van der Waals surface area contributed by atoms with Gasteiger partial charge >= 0.3 is 12.0 Å². The monoisotopic (exact) mass is 844 g/mol. The van der Waals surface area contributed by atoms with E-state index in [0.717, 1.165) is 12.7 Å². The van der Waals surface area contributed by atoms with E-state index in [2.05, 4.69) is 66.3 Å². The number of benzene rings is 3. The van der Waals surface area contributed by atoms with Crippen LogP contribution in [-0.4, -0.2) is 49.9 Å². The number of nitrogens with zero attached hydrogens (tertiary/aromatic N) is 1. The number of amides is 2. The Morgan fingerprint density at radius 2 is 1.87 bits per heavy atom. The number of aliphatic hydroxyl groups excluding tert-OH is 1. The molecule has 1 aliphatic heterocycles. The molecule has 3 aromatic rings. The molecule has 2 atom stereocenters. The minimum absolute atomic E-state index is 0.176. The molecule has 0 radical (unpaired) electrons. The summed E-state index contributed by atoms with van der Waals surface area (Å²) in [5.74, 6) is 0.406. The van der Waals surface area contributed by atoms with E-state index >= 15 is 0 Å². The fourth-order valence-corrected chi connectivity index (χ4v) is 6.42. The van der Waals surface area contributed by atoms with Crippen molar-refractivity contribution in [2.75, 3.05) is 20.3 Å². The zero-order valence-corrected chi connectivity index (χ0v) is 28.8. The number of carbonyl (C=O) groups is 2. The summed E-state index contributed by atoms with van der Waals surface area (Å²) in [4.78, 5) is 24.6. The number of urea groups is 1. The van der Waals surface area contributed by atoms with E-state index in [4.69, 9.17) is 18.9 Å². The lowest BCUT2D eigenvalue weighted by Gasteiger charge is -2.28. The van der Waals surface area contributed by atoms with Crippen LogP contribution in [0.4, 0.5) is 9.18 Å².